The van der Waals surface area contributed by atoms with Crippen LogP contribution in [0.25, 0.3) is 0 Å². The number of hydrogen-bond donors (Lipinski definition) is 2. The number of aryl methyl sites for hydroxylation is 1. The third kappa shape index (κ3) is 3.61. The molecule has 2 N–H and O–H groups in total. The van der Waals surface area contributed by atoms with Crippen LogP contribution in [0.2, 0.25) is 0 Å². The van der Waals surface area contributed by atoms with Gasteiger partial charge in [-0.15, -0.1) is 0 Å². The Kier molecular flexibility index (Phi) is 4.39. The summed E-state index contributed by atoms with van der Waals surface area (Å²) in [4.78, 5) is 23.2. The summed E-state index contributed by atoms with van der Waals surface area (Å²) in [6, 6.07) is 12.4. The largest absolute Gasteiger partial charge is 0.484 e. The maximum atomic E-state index is 11.7. The molecule has 6 nitrogen and oxygen atoms in total. The van der Waals surface area contributed by atoms with E-state index in [1.165, 1.54) is 0 Å². The van der Waals surface area contributed by atoms with E-state index in [0.29, 0.717) is 11.4 Å². The Morgan fingerprint density at radius 2 is 1.85 bits per heavy atom. The van der Waals surface area contributed by atoms with Crippen LogP contribution in [0.5, 0.6) is 5.75 Å². The van der Waals surface area contributed by atoms with E-state index in [-0.39, 0.29) is 12.5 Å². The highest BCUT2D eigenvalue weighted by molar-refractivity contribution is 5.94. The van der Waals surface area contributed by atoms with Crippen LogP contribution in [-0.2, 0) is 11.8 Å². The molecule has 0 saturated carbocycles. The minimum Gasteiger partial charge on any atom is -0.484 e. The summed E-state index contributed by atoms with van der Waals surface area (Å²) < 4.78 is 6.90. The lowest BCUT2D eigenvalue weighted by atomic mass is 10.3. The molecular formula is C14H15N3O3. The average molecular weight is 273 g/mol. The third-order valence-corrected chi connectivity index (χ3v) is 2.60. The van der Waals surface area contributed by atoms with Crippen molar-refractivity contribution < 1.29 is 14.3 Å². The summed E-state index contributed by atoms with van der Waals surface area (Å²) in [6.07, 6.45) is 1.75. The lowest BCUT2D eigenvalue weighted by Crippen LogP contribution is -2.44. The lowest BCUT2D eigenvalue weighted by molar-refractivity contribution is -0.123. The molecule has 0 aliphatic rings. The van der Waals surface area contributed by atoms with Crippen LogP contribution in [0.4, 0.5) is 0 Å². The molecule has 0 bridgehead atoms. The van der Waals surface area contributed by atoms with Crippen LogP contribution in [0.3, 0.4) is 0 Å². The highest BCUT2D eigenvalue weighted by Crippen LogP contribution is 2.07. The zero-order chi connectivity index (χ0) is 14.4. The molecule has 6 heteroatoms. The van der Waals surface area contributed by atoms with E-state index in [1.54, 1.807) is 42.1 Å². The van der Waals surface area contributed by atoms with Gasteiger partial charge in [0, 0.05) is 13.2 Å². The summed E-state index contributed by atoms with van der Waals surface area (Å²) in [5.41, 5.74) is 5.07. The van der Waals surface area contributed by atoms with Gasteiger partial charge in [0.1, 0.15) is 11.4 Å². The maximum Gasteiger partial charge on any atom is 0.286 e. The van der Waals surface area contributed by atoms with Gasteiger partial charge in [-0.1, -0.05) is 18.2 Å². The number of carbonyl (C=O) groups excluding carboxylic acids is 2. The van der Waals surface area contributed by atoms with Gasteiger partial charge in [0.05, 0.1) is 0 Å². The summed E-state index contributed by atoms with van der Waals surface area (Å²) in [5.74, 6) is -0.224. The third-order valence-electron chi connectivity index (χ3n) is 2.60. The molecule has 0 aliphatic carbocycles. The van der Waals surface area contributed by atoms with E-state index in [2.05, 4.69) is 10.9 Å². The van der Waals surface area contributed by atoms with E-state index < -0.39 is 5.91 Å². The van der Waals surface area contributed by atoms with Gasteiger partial charge in [-0.2, -0.15) is 0 Å². The summed E-state index contributed by atoms with van der Waals surface area (Å²) >= 11 is 0. The number of nitrogens with zero attached hydrogens (tertiary/aromatic N) is 1. The van der Waals surface area contributed by atoms with Crippen molar-refractivity contribution in [2.45, 2.75) is 0 Å². The van der Waals surface area contributed by atoms with E-state index in [4.69, 9.17) is 4.74 Å². The number of rotatable bonds is 4. The predicted octanol–water partition coefficient (Wildman–Crippen LogP) is 0.865. The molecule has 0 saturated heterocycles. The molecule has 0 atom stereocenters. The van der Waals surface area contributed by atoms with Crippen LogP contribution in [0.1, 0.15) is 10.5 Å². The van der Waals surface area contributed by atoms with Gasteiger partial charge in [-0.05, 0) is 24.3 Å². The summed E-state index contributed by atoms with van der Waals surface area (Å²) in [5, 5.41) is 0. The number of hydrogen-bond acceptors (Lipinski definition) is 3. The van der Waals surface area contributed by atoms with Crippen LogP contribution in [0, 0.1) is 0 Å². The smallest absolute Gasteiger partial charge is 0.286 e. The van der Waals surface area contributed by atoms with Crippen molar-refractivity contribution in [1.82, 2.24) is 15.4 Å². The Balaban J connectivity index is 1.75. The zero-order valence-electron chi connectivity index (χ0n) is 11.0. The molecule has 1 aromatic heterocycles. The first-order chi connectivity index (χ1) is 9.66. The molecule has 0 radical (unpaired) electrons. The fraction of sp³-hybridized carbons (Fsp3) is 0.143. The highest BCUT2D eigenvalue weighted by atomic mass is 16.5. The first-order valence-electron chi connectivity index (χ1n) is 6.05. The first kappa shape index (κ1) is 13.7. The number of benzene rings is 1. The fourth-order valence-electron chi connectivity index (χ4n) is 1.59. The van der Waals surface area contributed by atoms with E-state index in [1.807, 2.05) is 18.2 Å². The van der Waals surface area contributed by atoms with Gasteiger partial charge in [0.25, 0.3) is 11.8 Å². The van der Waals surface area contributed by atoms with Crippen LogP contribution >= 0.6 is 0 Å². The molecule has 0 spiro atoms. The SMILES string of the molecule is Cn1cccc1C(=O)NNC(=O)COc1ccccc1. The van der Waals surface area contributed by atoms with Gasteiger partial charge in [0.2, 0.25) is 0 Å². The van der Waals surface area contributed by atoms with E-state index >= 15 is 0 Å². The second-order valence-electron chi connectivity index (χ2n) is 4.11. The van der Waals surface area contributed by atoms with Crippen molar-refractivity contribution in [1.29, 1.82) is 0 Å². The van der Waals surface area contributed by atoms with Crippen LogP contribution < -0.4 is 15.6 Å². The Hall–Kier alpha value is -2.76. The Bertz CT molecular complexity index is 593. The molecule has 2 amide bonds. The Morgan fingerprint density at radius 3 is 2.50 bits per heavy atom. The number of amides is 2. The average Bonchev–Trinajstić information content (AvgIpc) is 2.90. The molecule has 2 aromatic rings. The van der Waals surface area contributed by atoms with Gasteiger partial charge < -0.3 is 9.30 Å². The number of hydrazine groups is 1. The number of para-hydroxylation sites is 1. The molecule has 2 rings (SSSR count). The topological polar surface area (TPSA) is 72.4 Å². The number of nitrogens with one attached hydrogen (secondary N) is 2. The van der Waals surface area contributed by atoms with Crippen molar-refractivity contribution in [2.24, 2.45) is 7.05 Å². The normalized spacial score (nSPS) is 9.85. The maximum absolute atomic E-state index is 11.7. The first-order valence-corrected chi connectivity index (χ1v) is 6.05. The lowest BCUT2D eigenvalue weighted by Gasteiger charge is -2.09. The summed E-state index contributed by atoms with van der Waals surface area (Å²) in [7, 11) is 1.75. The minimum absolute atomic E-state index is 0.169. The van der Waals surface area contributed by atoms with Crippen molar-refractivity contribution in [3.63, 3.8) is 0 Å². The molecule has 104 valence electrons. The zero-order valence-corrected chi connectivity index (χ0v) is 11.0. The molecule has 1 heterocycles. The number of aromatic nitrogens is 1. The minimum atomic E-state index is -0.434. The molecule has 0 aliphatic heterocycles. The molecule has 1 aromatic carbocycles. The van der Waals surface area contributed by atoms with Gasteiger partial charge >= 0.3 is 0 Å². The monoisotopic (exact) mass is 273 g/mol. The quantitative estimate of drug-likeness (QED) is 0.812. The summed E-state index contributed by atoms with van der Waals surface area (Å²) in [6.45, 7) is -0.169. The van der Waals surface area contributed by atoms with E-state index in [9.17, 15) is 9.59 Å². The second-order valence-corrected chi connectivity index (χ2v) is 4.11. The number of carbonyl (C=O) groups is 2. The molecular weight excluding hydrogens is 258 g/mol. The molecule has 20 heavy (non-hydrogen) atoms. The highest BCUT2D eigenvalue weighted by Gasteiger charge is 2.09. The van der Waals surface area contributed by atoms with Crippen LogP contribution in [-0.4, -0.2) is 23.0 Å². The van der Waals surface area contributed by atoms with Gasteiger partial charge in [-0.25, -0.2) is 0 Å². The van der Waals surface area contributed by atoms with Crippen LogP contribution in [0.15, 0.2) is 48.7 Å². The fourth-order valence-corrected chi connectivity index (χ4v) is 1.59. The molecule has 0 unspecified atom stereocenters. The van der Waals surface area contributed by atoms with Crippen molar-refractivity contribution in [3.05, 3.63) is 54.4 Å². The molecule has 0 fully saturated rings. The Morgan fingerprint density at radius 1 is 1.10 bits per heavy atom. The van der Waals surface area contributed by atoms with Gasteiger partial charge in [-0.3, -0.25) is 20.4 Å². The Labute approximate surface area is 116 Å². The van der Waals surface area contributed by atoms with Crippen molar-refractivity contribution in [2.75, 3.05) is 6.61 Å². The van der Waals surface area contributed by atoms with Crippen molar-refractivity contribution >= 4 is 11.8 Å². The van der Waals surface area contributed by atoms with Gasteiger partial charge in [0.15, 0.2) is 6.61 Å². The van der Waals surface area contributed by atoms with E-state index in [0.717, 1.165) is 0 Å². The number of ether oxygens (including phenoxy) is 1. The van der Waals surface area contributed by atoms with Crippen molar-refractivity contribution in [3.8, 4) is 5.75 Å². The second kappa shape index (κ2) is 6.42. The predicted molar refractivity (Wildman–Crippen MR) is 73.0 cm³/mol. The standard InChI is InChI=1S/C14H15N3O3/c1-17-9-5-8-12(17)14(19)16-15-13(18)10-20-11-6-3-2-4-7-11/h2-9H,10H2,1H3,(H,15,18)(H,16,19).